The average molecular weight is 550 g/mol. The molecule has 0 radical (unpaired) electrons. The first-order valence-electron chi connectivity index (χ1n) is 11.3. The van der Waals surface area contributed by atoms with Gasteiger partial charge in [-0.2, -0.15) is 5.10 Å². The van der Waals surface area contributed by atoms with Crippen molar-refractivity contribution in [3.8, 4) is 5.75 Å². The maximum Gasteiger partial charge on any atom is 0.255 e. The van der Waals surface area contributed by atoms with Gasteiger partial charge in [-0.1, -0.05) is 29.8 Å². The van der Waals surface area contributed by atoms with E-state index in [1.54, 1.807) is 36.4 Å². The molecular weight excluding hydrogens is 529 g/mol. The minimum Gasteiger partial charge on any atom is -0.487 e. The molecule has 1 amide bonds. The normalized spacial score (nSPS) is 11.1. The highest BCUT2D eigenvalue weighted by atomic mass is 35.5. The Balaban J connectivity index is 1.52. The number of nitrogens with zero attached hydrogens (tertiary/aromatic N) is 2. The number of anilines is 1. The molecule has 1 N–H and O–H groups in total. The molecule has 1 aromatic heterocycles. The first-order chi connectivity index (χ1) is 18.0. The number of carbonyl (C=O) groups excluding carboxylic acids is 1. The molecule has 5 nitrogen and oxygen atoms in total. The minimum atomic E-state index is -2.24. The van der Waals surface area contributed by atoms with Crippen molar-refractivity contribution < 1.29 is 31.5 Å². The van der Waals surface area contributed by atoms with E-state index in [-0.39, 0.29) is 23.7 Å². The van der Waals surface area contributed by atoms with Crippen molar-refractivity contribution in [3.05, 3.63) is 110 Å². The van der Waals surface area contributed by atoms with Crippen molar-refractivity contribution in [2.24, 2.45) is 0 Å². The van der Waals surface area contributed by atoms with E-state index in [2.05, 4.69) is 10.4 Å². The molecule has 0 spiro atoms. The summed E-state index contributed by atoms with van der Waals surface area (Å²) in [5.41, 5.74) is 1.72. The highest BCUT2D eigenvalue weighted by molar-refractivity contribution is 6.32. The van der Waals surface area contributed by atoms with Crippen LogP contribution in [0.25, 0.3) is 0 Å². The summed E-state index contributed by atoms with van der Waals surface area (Å²) >= 11 is 6.16. The zero-order chi connectivity index (χ0) is 27.7. The second-order valence-electron chi connectivity index (χ2n) is 8.63. The summed E-state index contributed by atoms with van der Waals surface area (Å²) in [5, 5.41) is 7.27. The summed E-state index contributed by atoms with van der Waals surface area (Å²) in [6.07, 6.45) is 0. The lowest BCUT2D eigenvalue weighted by molar-refractivity contribution is 0.102. The Bertz CT molecular complexity index is 1530. The van der Waals surface area contributed by atoms with E-state index in [4.69, 9.17) is 16.3 Å². The van der Waals surface area contributed by atoms with Gasteiger partial charge in [0.05, 0.1) is 34.2 Å². The van der Waals surface area contributed by atoms with E-state index >= 15 is 0 Å². The number of aryl methyl sites for hydroxylation is 2. The molecule has 1 heterocycles. The van der Waals surface area contributed by atoms with Gasteiger partial charge in [0.25, 0.3) is 5.91 Å². The molecule has 0 aliphatic heterocycles. The van der Waals surface area contributed by atoms with E-state index in [0.717, 1.165) is 10.2 Å². The fourth-order valence-electron chi connectivity index (χ4n) is 3.84. The van der Waals surface area contributed by atoms with E-state index < -0.39 is 47.1 Å². The van der Waals surface area contributed by atoms with Crippen LogP contribution in [0.1, 0.15) is 38.4 Å². The molecule has 3 aromatic carbocycles. The molecule has 4 aromatic rings. The molecule has 4 rings (SSSR count). The van der Waals surface area contributed by atoms with Gasteiger partial charge in [-0.3, -0.25) is 9.48 Å². The Morgan fingerprint density at radius 2 is 1.61 bits per heavy atom. The van der Waals surface area contributed by atoms with Gasteiger partial charge < -0.3 is 10.1 Å². The molecule has 0 saturated carbocycles. The topological polar surface area (TPSA) is 56.1 Å². The van der Waals surface area contributed by atoms with Crippen LogP contribution in [-0.4, -0.2) is 15.7 Å². The summed E-state index contributed by atoms with van der Waals surface area (Å²) in [5.74, 6) is -10.2. The smallest absolute Gasteiger partial charge is 0.255 e. The lowest BCUT2D eigenvalue weighted by Gasteiger charge is -2.11. The molecule has 0 saturated heterocycles. The lowest BCUT2D eigenvalue weighted by Crippen LogP contribution is -2.15. The van der Waals surface area contributed by atoms with Gasteiger partial charge in [0.1, 0.15) is 12.4 Å². The molecule has 0 unspecified atom stereocenters. The average Bonchev–Trinajstić information content (AvgIpc) is 3.16. The first-order valence-corrected chi connectivity index (χ1v) is 11.7. The summed E-state index contributed by atoms with van der Waals surface area (Å²) in [4.78, 5) is 13.0. The molecule has 0 aliphatic rings. The van der Waals surface area contributed by atoms with Gasteiger partial charge in [0, 0.05) is 5.56 Å². The molecular formula is C27H21ClF5N3O2. The molecule has 198 valence electrons. The van der Waals surface area contributed by atoms with Crippen LogP contribution in [0.2, 0.25) is 5.02 Å². The number of hydrogen-bond donors (Lipinski definition) is 1. The third-order valence-corrected chi connectivity index (χ3v) is 6.21. The van der Waals surface area contributed by atoms with E-state index in [9.17, 15) is 26.7 Å². The molecule has 11 heteroatoms. The lowest BCUT2D eigenvalue weighted by atomic mass is 10.1. The summed E-state index contributed by atoms with van der Waals surface area (Å²) in [6.45, 7) is 4.36. The van der Waals surface area contributed by atoms with Gasteiger partial charge in [-0.05, 0) is 56.2 Å². The number of hydrogen-bond acceptors (Lipinski definition) is 3. The van der Waals surface area contributed by atoms with Crippen molar-refractivity contribution in [1.82, 2.24) is 9.78 Å². The third-order valence-electron chi connectivity index (χ3n) is 5.90. The molecule has 38 heavy (non-hydrogen) atoms. The predicted molar refractivity (Wildman–Crippen MR) is 132 cm³/mol. The summed E-state index contributed by atoms with van der Waals surface area (Å²) in [6, 6.07) is 12.1. The zero-order valence-electron chi connectivity index (χ0n) is 20.4. The number of rotatable bonds is 7. The quantitative estimate of drug-likeness (QED) is 0.153. The van der Waals surface area contributed by atoms with Crippen LogP contribution in [0.3, 0.4) is 0 Å². The van der Waals surface area contributed by atoms with Gasteiger partial charge >= 0.3 is 0 Å². The van der Waals surface area contributed by atoms with Crippen LogP contribution >= 0.6 is 11.6 Å². The first kappa shape index (κ1) is 27.1. The Morgan fingerprint density at radius 1 is 0.947 bits per heavy atom. The van der Waals surface area contributed by atoms with Crippen molar-refractivity contribution in [1.29, 1.82) is 0 Å². The number of aromatic nitrogens is 2. The summed E-state index contributed by atoms with van der Waals surface area (Å²) < 4.78 is 75.7. The van der Waals surface area contributed by atoms with Gasteiger partial charge in [-0.15, -0.1) is 0 Å². The van der Waals surface area contributed by atoms with Crippen molar-refractivity contribution >= 4 is 23.2 Å². The Morgan fingerprint density at radius 3 is 2.29 bits per heavy atom. The minimum absolute atomic E-state index is 0.155. The number of amides is 1. The monoisotopic (exact) mass is 549 g/mol. The van der Waals surface area contributed by atoms with Crippen LogP contribution in [0.4, 0.5) is 27.6 Å². The van der Waals surface area contributed by atoms with Crippen LogP contribution in [0.5, 0.6) is 5.75 Å². The van der Waals surface area contributed by atoms with Crippen molar-refractivity contribution in [2.75, 3.05) is 5.32 Å². The molecule has 0 aliphatic carbocycles. The van der Waals surface area contributed by atoms with E-state index in [1.807, 2.05) is 13.0 Å². The number of benzene rings is 3. The number of ether oxygens (including phenoxy) is 1. The van der Waals surface area contributed by atoms with Crippen LogP contribution in [-0.2, 0) is 13.2 Å². The predicted octanol–water partition coefficient (Wildman–Crippen LogP) is 7.04. The molecule has 0 fully saturated rings. The standard InChI is InChI=1S/C27H21ClF5N3O2/c1-13-7-8-19(28)20(9-13)38-12-16-5-4-6-17(10-16)27(37)34-26-14(2)35-36(15(26)3)11-18-21(29)23(31)25(33)24(32)22(18)30/h4-10H,11-12H2,1-3H3,(H,34,37). The number of carbonyl (C=O) groups is 1. The zero-order valence-corrected chi connectivity index (χ0v) is 21.2. The Kier molecular flexibility index (Phi) is 7.73. The largest absolute Gasteiger partial charge is 0.487 e. The van der Waals surface area contributed by atoms with Crippen molar-refractivity contribution in [3.63, 3.8) is 0 Å². The fraction of sp³-hybridized carbons (Fsp3) is 0.185. The Labute approximate surface area is 219 Å². The molecule has 0 bridgehead atoms. The van der Waals surface area contributed by atoms with Gasteiger partial charge in [0.15, 0.2) is 23.3 Å². The van der Waals surface area contributed by atoms with Crippen molar-refractivity contribution in [2.45, 2.75) is 33.9 Å². The van der Waals surface area contributed by atoms with Gasteiger partial charge in [0.2, 0.25) is 5.82 Å². The fourth-order valence-corrected chi connectivity index (χ4v) is 4.01. The van der Waals surface area contributed by atoms with Crippen LogP contribution in [0, 0.1) is 49.9 Å². The van der Waals surface area contributed by atoms with Crippen LogP contribution in [0.15, 0.2) is 42.5 Å². The third kappa shape index (κ3) is 5.35. The Hall–Kier alpha value is -3.92. The van der Waals surface area contributed by atoms with Gasteiger partial charge in [-0.25, -0.2) is 22.0 Å². The number of nitrogens with one attached hydrogen (secondary N) is 1. The van der Waals surface area contributed by atoms with E-state index in [0.29, 0.717) is 21.9 Å². The maximum absolute atomic E-state index is 14.2. The highest BCUT2D eigenvalue weighted by Gasteiger charge is 2.27. The SMILES string of the molecule is Cc1ccc(Cl)c(OCc2cccc(C(=O)Nc3c(C)nn(Cc4c(F)c(F)c(F)c(F)c4F)c3C)c2)c1. The molecule has 0 atom stereocenters. The highest BCUT2D eigenvalue weighted by Crippen LogP contribution is 2.28. The maximum atomic E-state index is 14.2. The van der Waals surface area contributed by atoms with E-state index in [1.165, 1.54) is 13.8 Å². The number of halogens is 6. The second kappa shape index (κ2) is 10.8. The second-order valence-corrected chi connectivity index (χ2v) is 9.04. The van der Waals surface area contributed by atoms with Crippen LogP contribution < -0.4 is 10.1 Å². The summed E-state index contributed by atoms with van der Waals surface area (Å²) in [7, 11) is 0.